The van der Waals surface area contributed by atoms with Crippen molar-refractivity contribution in [1.82, 2.24) is 4.90 Å². The number of hydrogen-bond donors (Lipinski definition) is 2. The van der Waals surface area contributed by atoms with Gasteiger partial charge >= 0.3 is 0 Å². The van der Waals surface area contributed by atoms with Crippen LogP contribution in [0.5, 0.6) is 5.75 Å². The average Bonchev–Trinajstić information content (AvgIpc) is 2.24. The fraction of sp³-hybridized carbons (Fsp3) is 0.500. The van der Waals surface area contributed by atoms with E-state index in [1.54, 1.807) is 0 Å². The van der Waals surface area contributed by atoms with Crippen LogP contribution in [-0.4, -0.2) is 34.8 Å². The van der Waals surface area contributed by atoms with E-state index in [-0.39, 0.29) is 6.61 Å². The first-order valence-corrected chi connectivity index (χ1v) is 6.19. The van der Waals surface area contributed by atoms with Crippen molar-refractivity contribution in [2.75, 3.05) is 19.7 Å². The van der Waals surface area contributed by atoms with E-state index in [4.69, 9.17) is 5.11 Å². The number of benzene rings is 1. The van der Waals surface area contributed by atoms with Crippen LogP contribution in [0.3, 0.4) is 0 Å². The Morgan fingerprint density at radius 1 is 1.38 bits per heavy atom. The molecule has 1 aromatic rings. The maximum Gasteiger partial charge on any atom is 0.134 e. The highest BCUT2D eigenvalue weighted by atomic mass is 79.9. The zero-order valence-corrected chi connectivity index (χ0v) is 11.3. The van der Waals surface area contributed by atoms with Crippen LogP contribution in [0, 0.1) is 6.92 Å². The second-order valence-electron chi connectivity index (χ2n) is 3.85. The van der Waals surface area contributed by atoms with Gasteiger partial charge in [-0.05, 0) is 41.0 Å². The molecule has 0 amide bonds. The summed E-state index contributed by atoms with van der Waals surface area (Å²) in [5.74, 6) is 0.294. The van der Waals surface area contributed by atoms with Crippen LogP contribution in [0.4, 0.5) is 0 Å². The Bertz CT molecular complexity index is 355. The summed E-state index contributed by atoms with van der Waals surface area (Å²) >= 11 is 3.33. The van der Waals surface area contributed by atoms with Crippen LogP contribution >= 0.6 is 15.9 Å². The molecule has 0 fully saturated rings. The van der Waals surface area contributed by atoms with E-state index in [1.807, 2.05) is 26.0 Å². The first kappa shape index (κ1) is 13.5. The highest BCUT2D eigenvalue weighted by Gasteiger charge is 2.10. The van der Waals surface area contributed by atoms with Gasteiger partial charge in [0.2, 0.25) is 0 Å². The number of phenols is 1. The van der Waals surface area contributed by atoms with Crippen molar-refractivity contribution in [1.29, 1.82) is 0 Å². The van der Waals surface area contributed by atoms with Crippen LogP contribution in [0.15, 0.2) is 16.6 Å². The fourth-order valence-electron chi connectivity index (χ4n) is 1.66. The molecule has 16 heavy (non-hydrogen) atoms. The molecule has 4 heteroatoms. The Kier molecular flexibility index (Phi) is 5.25. The SMILES string of the molecule is CCN(CCO)Cc1cc(C)cc(Br)c1O. The van der Waals surface area contributed by atoms with Crippen LogP contribution in [0.25, 0.3) is 0 Å². The minimum absolute atomic E-state index is 0.140. The van der Waals surface area contributed by atoms with Gasteiger partial charge in [-0.2, -0.15) is 0 Å². The zero-order chi connectivity index (χ0) is 12.1. The summed E-state index contributed by atoms with van der Waals surface area (Å²) < 4.78 is 0.725. The molecule has 0 saturated heterocycles. The van der Waals surface area contributed by atoms with E-state index >= 15 is 0 Å². The normalized spacial score (nSPS) is 11.1. The summed E-state index contributed by atoms with van der Waals surface area (Å²) in [5, 5.41) is 18.8. The van der Waals surface area contributed by atoms with Crippen molar-refractivity contribution in [3.8, 4) is 5.75 Å². The Balaban J connectivity index is 2.87. The van der Waals surface area contributed by atoms with Gasteiger partial charge in [0.15, 0.2) is 0 Å². The van der Waals surface area contributed by atoms with Gasteiger partial charge in [-0.15, -0.1) is 0 Å². The summed E-state index contributed by atoms with van der Waals surface area (Å²) in [6.45, 7) is 6.31. The second kappa shape index (κ2) is 6.23. The Hall–Kier alpha value is -0.580. The molecule has 1 rings (SSSR count). The molecule has 0 radical (unpaired) electrons. The van der Waals surface area contributed by atoms with Crippen LogP contribution in [0.2, 0.25) is 0 Å². The first-order valence-electron chi connectivity index (χ1n) is 5.39. The van der Waals surface area contributed by atoms with E-state index in [2.05, 4.69) is 20.8 Å². The minimum atomic E-state index is 0.140. The highest BCUT2D eigenvalue weighted by molar-refractivity contribution is 9.10. The molecule has 0 aromatic heterocycles. The number of phenolic OH excluding ortho intramolecular Hbond substituents is 1. The van der Waals surface area contributed by atoms with Crippen LogP contribution < -0.4 is 0 Å². The molecule has 0 bridgehead atoms. The second-order valence-corrected chi connectivity index (χ2v) is 4.70. The minimum Gasteiger partial charge on any atom is -0.506 e. The number of halogens is 1. The predicted octanol–water partition coefficient (Wildman–Crippen LogP) is 2.28. The lowest BCUT2D eigenvalue weighted by atomic mass is 10.1. The van der Waals surface area contributed by atoms with E-state index in [9.17, 15) is 5.11 Å². The lowest BCUT2D eigenvalue weighted by molar-refractivity contribution is 0.195. The number of hydrogen-bond acceptors (Lipinski definition) is 3. The van der Waals surface area contributed by atoms with Gasteiger partial charge in [0.05, 0.1) is 11.1 Å². The predicted molar refractivity (Wildman–Crippen MR) is 68.6 cm³/mol. The molecule has 0 spiro atoms. The third-order valence-corrected chi connectivity index (χ3v) is 3.15. The van der Waals surface area contributed by atoms with Gasteiger partial charge in [0, 0.05) is 18.7 Å². The van der Waals surface area contributed by atoms with Crippen LogP contribution in [-0.2, 0) is 6.54 Å². The maximum absolute atomic E-state index is 9.90. The molecule has 3 nitrogen and oxygen atoms in total. The lowest BCUT2D eigenvalue weighted by Crippen LogP contribution is -2.26. The summed E-state index contributed by atoms with van der Waals surface area (Å²) in [7, 11) is 0. The molecule has 0 heterocycles. The summed E-state index contributed by atoms with van der Waals surface area (Å²) in [5.41, 5.74) is 2.00. The molecule has 0 unspecified atom stereocenters. The summed E-state index contributed by atoms with van der Waals surface area (Å²) in [6.07, 6.45) is 0. The van der Waals surface area contributed by atoms with E-state index in [0.717, 1.165) is 22.1 Å². The van der Waals surface area contributed by atoms with E-state index < -0.39 is 0 Å². The fourth-order valence-corrected chi connectivity index (χ4v) is 2.27. The van der Waals surface area contributed by atoms with Crippen molar-refractivity contribution in [2.45, 2.75) is 20.4 Å². The van der Waals surface area contributed by atoms with Crippen molar-refractivity contribution in [3.63, 3.8) is 0 Å². The molecule has 0 aliphatic heterocycles. The number of aromatic hydroxyl groups is 1. The number of aliphatic hydroxyl groups excluding tert-OH is 1. The zero-order valence-electron chi connectivity index (χ0n) is 9.70. The van der Waals surface area contributed by atoms with Crippen LogP contribution in [0.1, 0.15) is 18.1 Å². The third-order valence-electron chi connectivity index (χ3n) is 2.54. The molecule has 0 aliphatic rings. The largest absolute Gasteiger partial charge is 0.506 e. The first-order chi connectivity index (χ1) is 7.58. The molecule has 0 aliphatic carbocycles. The number of rotatable bonds is 5. The van der Waals surface area contributed by atoms with Gasteiger partial charge in [-0.3, -0.25) is 4.90 Å². The molecule has 0 saturated carbocycles. The van der Waals surface area contributed by atoms with Gasteiger partial charge in [-0.1, -0.05) is 13.0 Å². The van der Waals surface area contributed by atoms with Gasteiger partial charge in [0.25, 0.3) is 0 Å². The number of aryl methyl sites for hydroxylation is 1. The topological polar surface area (TPSA) is 43.7 Å². The summed E-state index contributed by atoms with van der Waals surface area (Å²) in [4.78, 5) is 2.08. The smallest absolute Gasteiger partial charge is 0.134 e. The quantitative estimate of drug-likeness (QED) is 0.873. The average molecular weight is 288 g/mol. The number of likely N-dealkylation sites (N-methyl/N-ethyl adjacent to an activating group) is 1. The van der Waals surface area contributed by atoms with Crippen molar-refractivity contribution < 1.29 is 10.2 Å². The number of aliphatic hydroxyl groups is 1. The van der Waals surface area contributed by atoms with Gasteiger partial charge in [-0.25, -0.2) is 0 Å². The van der Waals surface area contributed by atoms with Gasteiger partial charge in [0.1, 0.15) is 5.75 Å². The van der Waals surface area contributed by atoms with E-state index in [1.165, 1.54) is 0 Å². The van der Waals surface area contributed by atoms with Gasteiger partial charge < -0.3 is 10.2 Å². The third kappa shape index (κ3) is 3.47. The van der Waals surface area contributed by atoms with E-state index in [0.29, 0.717) is 18.8 Å². The molecular formula is C12H18BrNO2. The summed E-state index contributed by atoms with van der Waals surface area (Å²) in [6, 6.07) is 3.86. The highest BCUT2D eigenvalue weighted by Crippen LogP contribution is 2.30. The standard InChI is InChI=1S/C12H18BrNO2/c1-3-14(4-5-15)8-10-6-9(2)7-11(13)12(10)16/h6-7,15-16H,3-5,8H2,1-2H3. The Labute approximate surface area is 105 Å². The lowest BCUT2D eigenvalue weighted by Gasteiger charge is -2.20. The molecule has 0 atom stereocenters. The van der Waals surface area contributed by atoms with Crippen molar-refractivity contribution in [3.05, 3.63) is 27.7 Å². The molecule has 2 N–H and O–H groups in total. The molecular weight excluding hydrogens is 270 g/mol. The van der Waals surface area contributed by atoms with Crippen molar-refractivity contribution in [2.24, 2.45) is 0 Å². The van der Waals surface area contributed by atoms with Crippen molar-refractivity contribution >= 4 is 15.9 Å². The Morgan fingerprint density at radius 2 is 2.06 bits per heavy atom. The maximum atomic E-state index is 9.90. The molecule has 1 aromatic carbocycles. The number of nitrogens with zero attached hydrogens (tertiary/aromatic N) is 1. The molecule has 90 valence electrons. The monoisotopic (exact) mass is 287 g/mol. The Morgan fingerprint density at radius 3 is 2.62 bits per heavy atom.